The van der Waals surface area contributed by atoms with Crippen LogP contribution in [0.4, 0.5) is 5.69 Å². The zero-order valence-corrected chi connectivity index (χ0v) is 16.2. The third-order valence-electron chi connectivity index (χ3n) is 4.20. The van der Waals surface area contributed by atoms with E-state index < -0.39 is 10.0 Å². The Bertz CT molecular complexity index is 1240. The first kappa shape index (κ1) is 18.3. The lowest BCUT2D eigenvalue weighted by molar-refractivity contribution is 0.482. The molecule has 0 aliphatic heterocycles. The SMILES string of the molecule is O=S(=O)(Nc1ccc2ccccc2c1)c1ccc(Oc2ccccc2Cl)cc1. The number of halogens is 1. The molecule has 140 valence electrons. The van der Waals surface area contributed by atoms with Crippen molar-refractivity contribution in [3.8, 4) is 11.5 Å². The number of rotatable bonds is 5. The lowest BCUT2D eigenvalue weighted by atomic mass is 10.1. The van der Waals surface area contributed by atoms with Gasteiger partial charge in [-0.25, -0.2) is 8.42 Å². The number of nitrogens with one attached hydrogen (secondary N) is 1. The van der Waals surface area contributed by atoms with Gasteiger partial charge in [-0.05, 0) is 59.3 Å². The Balaban J connectivity index is 1.54. The van der Waals surface area contributed by atoms with E-state index in [0.717, 1.165) is 10.8 Å². The van der Waals surface area contributed by atoms with Gasteiger partial charge >= 0.3 is 0 Å². The van der Waals surface area contributed by atoms with Crippen LogP contribution in [0, 0.1) is 0 Å². The topological polar surface area (TPSA) is 55.4 Å². The largest absolute Gasteiger partial charge is 0.456 e. The van der Waals surface area contributed by atoms with Gasteiger partial charge in [-0.3, -0.25) is 4.72 Å². The fourth-order valence-corrected chi connectivity index (χ4v) is 4.03. The van der Waals surface area contributed by atoms with Gasteiger partial charge in [0.2, 0.25) is 0 Å². The molecule has 0 heterocycles. The second-order valence-electron chi connectivity index (χ2n) is 6.17. The zero-order chi connectivity index (χ0) is 19.6. The molecule has 0 aliphatic rings. The summed E-state index contributed by atoms with van der Waals surface area (Å²) in [4.78, 5) is 0.146. The number of hydrogen-bond donors (Lipinski definition) is 1. The van der Waals surface area contributed by atoms with Crippen LogP contribution in [0.3, 0.4) is 0 Å². The fraction of sp³-hybridized carbons (Fsp3) is 0. The molecule has 28 heavy (non-hydrogen) atoms. The van der Waals surface area contributed by atoms with Crippen LogP contribution in [0.5, 0.6) is 11.5 Å². The highest BCUT2D eigenvalue weighted by Gasteiger charge is 2.15. The normalized spacial score (nSPS) is 11.3. The van der Waals surface area contributed by atoms with Crippen molar-refractivity contribution < 1.29 is 13.2 Å². The van der Waals surface area contributed by atoms with Crippen molar-refractivity contribution in [1.82, 2.24) is 0 Å². The van der Waals surface area contributed by atoms with Crippen LogP contribution in [0.25, 0.3) is 10.8 Å². The van der Waals surface area contributed by atoms with Crippen molar-refractivity contribution in [2.75, 3.05) is 4.72 Å². The third-order valence-corrected chi connectivity index (χ3v) is 5.91. The monoisotopic (exact) mass is 409 g/mol. The molecule has 4 aromatic rings. The molecule has 0 atom stereocenters. The average molecular weight is 410 g/mol. The Kier molecular flexibility index (Phi) is 4.94. The molecule has 0 bridgehead atoms. The van der Waals surface area contributed by atoms with Crippen molar-refractivity contribution in [1.29, 1.82) is 0 Å². The third kappa shape index (κ3) is 3.96. The molecule has 0 amide bonds. The average Bonchev–Trinajstić information content (AvgIpc) is 2.70. The smallest absolute Gasteiger partial charge is 0.261 e. The molecule has 0 saturated heterocycles. The van der Waals surface area contributed by atoms with Crippen LogP contribution in [0.2, 0.25) is 5.02 Å². The lowest BCUT2D eigenvalue weighted by Gasteiger charge is -2.11. The minimum absolute atomic E-state index is 0.146. The molecular weight excluding hydrogens is 394 g/mol. The van der Waals surface area contributed by atoms with Crippen molar-refractivity contribution in [3.63, 3.8) is 0 Å². The predicted molar refractivity (Wildman–Crippen MR) is 113 cm³/mol. The summed E-state index contributed by atoms with van der Waals surface area (Å²) in [6.07, 6.45) is 0. The Morgan fingerprint density at radius 3 is 2.18 bits per heavy atom. The molecule has 6 heteroatoms. The van der Waals surface area contributed by atoms with Crippen molar-refractivity contribution in [3.05, 3.63) is 96.0 Å². The second kappa shape index (κ2) is 7.54. The highest BCUT2D eigenvalue weighted by Crippen LogP contribution is 2.29. The summed E-state index contributed by atoms with van der Waals surface area (Å²) >= 11 is 6.08. The van der Waals surface area contributed by atoms with E-state index in [4.69, 9.17) is 16.3 Å². The number of sulfonamides is 1. The quantitative estimate of drug-likeness (QED) is 0.434. The molecule has 0 unspecified atom stereocenters. The van der Waals surface area contributed by atoms with Crippen LogP contribution in [-0.4, -0.2) is 8.42 Å². The van der Waals surface area contributed by atoms with E-state index >= 15 is 0 Å². The van der Waals surface area contributed by atoms with Crippen molar-refractivity contribution in [2.24, 2.45) is 0 Å². The predicted octanol–water partition coefficient (Wildman–Crippen LogP) is 6.09. The maximum absolute atomic E-state index is 12.7. The first-order valence-electron chi connectivity index (χ1n) is 8.55. The molecule has 0 aliphatic carbocycles. The first-order valence-corrected chi connectivity index (χ1v) is 10.4. The molecule has 0 radical (unpaired) electrons. The molecule has 1 N–H and O–H groups in total. The van der Waals surface area contributed by atoms with E-state index in [1.54, 1.807) is 30.3 Å². The van der Waals surface area contributed by atoms with E-state index in [9.17, 15) is 8.42 Å². The van der Waals surface area contributed by atoms with Crippen molar-refractivity contribution in [2.45, 2.75) is 4.90 Å². The molecule has 0 fully saturated rings. The van der Waals surface area contributed by atoms with E-state index in [1.165, 1.54) is 12.1 Å². The Morgan fingerprint density at radius 1 is 0.750 bits per heavy atom. The van der Waals surface area contributed by atoms with E-state index in [-0.39, 0.29) is 4.90 Å². The van der Waals surface area contributed by atoms with E-state index in [1.807, 2.05) is 48.5 Å². The Morgan fingerprint density at radius 2 is 1.43 bits per heavy atom. The van der Waals surface area contributed by atoms with E-state index in [0.29, 0.717) is 22.2 Å². The number of fused-ring (bicyclic) bond motifs is 1. The number of benzene rings is 4. The minimum Gasteiger partial charge on any atom is -0.456 e. The zero-order valence-electron chi connectivity index (χ0n) is 14.7. The molecule has 4 aromatic carbocycles. The summed E-state index contributed by atoms with van der Waals surface area (Å²) in [6, 6.07) is 26.5. The lowest BCUT2D eigenvalue weighted by Crippen LogP contribution is -2.12. The van der Waals surface area contributed by atoms with Crippen molar-refractivity contribution >= 4 is 38.1 Å². The first-order chi connectivity index (χ1) is 13.5. The molecule has 0 aromatic heterocycles. The second-order valence-corrected chi connectivity index (χ2v) is 8.26. The van der Waals surface area contributed by atoms with Gasteiger partial charge in [0.05, 0.1) is 9.92 Å². The Labute approximate surface area is 168 Å². The van der Waals surface area contributed by atoms with Gasteiger partial charge in [0, 0.05) is 5.69 Å². The van der Waals surface area contributed by atoms with Gasteiger partial charge < -0.3 is 4.74 Å². The standard InChI is InChI=1S/C22H16ClNO3S/c23-21-7-3-4-8-22(21)27-19-11-13-20(14-12-19)28(25,26)24-18-10-9-16-5-1-2-6-17(16)15-18/h1-15,24H. The molecule has 4 rings (SSSR count). The van der Waals surface area contributed by atoms with Crippen LogP contribution < -0.4 is 9.46 Å². The summed E-state index contributed by atoms with van der Waals surface area (Å²) in [5.74, 6) is 1.01. The van der Waals surface area contributed by atoms with Gasteiger partial charge in [0.25, 0.3) is 10.0 Å². The van der Waals surface area contributed by atoms with Gasteiger partial charge in [-0.15, -0.1) is 0 Å². The molecule has 0 saturated carbocycles. The van der Waals surface area contributed by atoms with Crippen LogP contribution >= 0.6 is 11.6 Å². The summed E-state index contributed by atoms with van der Waals surface area (Å²) in [5, 5.41) is 2.50. The highest BCUT2D eigenvalue weighted by atomic mass is 35.5. The summed E-state index contributed by atoms with van der Waals surface area (Å²) in [5.41, 5.74) is 0.509. The molecule has 4 nitrogen and oxygen atoms in total. The van der Waals surface area contributed by atoms with Gasteiger partial charge in [0.1, 0.15) is 11.5 Å². The van der Waals surface area contributed by atoms with Crippen LogP contribution in [0.15, 0.2) is 95.9 Å². The summed E-state index contributed by atoms with van der Waals surface area (Å²) in [7, 11) is -3.71. The van der Waals surface area contributed by atoms with Gasteiger partial charge in [-0.2, -0.15) is 0 Å². The number of para-hydroxylation sites is 1. The van der Waals surface area contributed by atoms with Gasteiger partial charge in [0.15, 0.2) is 0 Å². The van der Waals surface area contributed by atoms with Gasteiger partial charge in [-0.1, -0.05) is 54.1 Å². The number of hydrogen-bond acceptors (Lipinski definition) is 3. The molecular formula is C22H16ClNO3S. The Hall–Kier alpha value is -3.02. The minimum atomic E-state index is -3.71. The maximum atomic E-state index is 12.7. The summed E-state index contributed by atoms with van der Waals surface area (Å²) < 4.78 is 33.7. The number of anilines is 1. The maximum Gasteiger partial charge on any atom is 0.261 e. The molecule has 0 spiro atoms. The van der Waals surface area contributed by atoms with Crippen LogP contribution in [-0.2, 0) is 10.0 Å². The highest BCUT2D eigenvalue weighted by molar-refractivity contribution is 7.92. The van der Waals surface area contributed by atoms with Crippen LogP contribution in [0.1, 0.15) is 0 Å². The summed E-state index contributed by atoms with van der Waals surface area (Å²) in [6.45, 7) is 0. The fourth-order valence-electron chi connectivity index (χ4n) is 2.81. The number of ether oxygens (including phenoxy) is 1. The van der Waals surface area contributed by atoms with E-state index in [2.05, 4.69) is 4.72 Å².